The van der Waals surface area contributed by atoms with Crippen molar-refractivity contribution in [1.29, 1.82) is 0 Å². The largest absolute Gasteiger partial charge is 0.108 e. The number of rotatable bonds is 3. The summed E-state index contributed by atoms with van der Waals surface area (Å²) >= 11 is 0. The summed E-state index contributed by atoms with van der Waals surface area (Å²) in [6.45, 7) is 10.9. The van der Waals surface area contributed by atoms with Gasteiger partial charge >= 0.3 is 0 Å². The zero-order valence-corrected chi connectivity index (χ0v) is 17.9. The van der Waals surface area contributed by atoms with Crippen molar-refractivity contribution in [3.63, 3.8) is 0 Å². The zero-order valence-electron chi connectivity index (χ0n) is 17.9. The number of hydrogen-bond acceptors (Lipinski definition) is 0. The molecule has 0 saturated heterocycles. The second-order valence-electron chi connectivity index (χ2n) is 7.65. The first kappa shape index (κ1) is 19.7. The van der Waals surface area contributed by atoms with Gasteiger partial charge in [0, 0.05) is 5.22 Å². The Morgan fingerprint density at radius 2 is 1.50 bits per heavy atom. The standard InChI is InChI=1S/C30H26/c1-5-24(25-12-8-6-9-13-25)19-29-21(2)18-28-17-16-27(26-14-10-7-11-15-26)20-30(28)23(4)22(29)3/h5-17,19-20H,3H2,1-2,4H3/b24-5?,29-19-. The van der Waals surface area contributed by atoms with E-state index in [4.69, 9.17) is 0 Å². The molecular weight excluding hydrogens is 360 g/mol. The molecule has 0 saturated carbocycles. The van der Waals surface area contributed by atoms with Crippen LogP contribution in [0.4, 0.5) is 0 Å². The van der Waals surface area contributed by atoms with Crippen molar-refractivity contribution in [3.05, 3.63) is 130 Å². The molecule has 0 spiro atoms. The van der Waals surface area contributed by atoms with Gasteiger partial charge in [-0.1, -0.05) is 79.4 Å². The molecule has 3 aromatic rings. The van der Waals surface area contributed by atoms with Gasteiger partial charge in [0.1, 0.15) is 0 Å². The molecule has 0 fully saturated rings. The van der Waals surface area contributed by atoms with Crippen molar-refractivity contribution < 1.29 is 0 Å². The summed E-state index contributed by atoms with van der Waals surface area (Å²) in [6.07, 6.45) is 4.40. The molecule has 0 heterocycles. The predicted molar refractivity (Wildman–Crippen MR) is 130 cm³/mol. The highest BCUT2D eigenvalue weighted by Gasteiger charge is 2.13. The van der Waals surface area contributed by atoms with E-state index in [9.17, 15) is 0 Å². The lowest BCUT2D eigenvalue weighted by atomic mass is 9.91. The van der Waals surface area contributed by atoms with E-state index in [1.54, 1.807) is 0 Å². The Hall–Kier alpha value is -3.60. The third-order valence-corrected chi connectivity index (χ3v) is 5.75. The molecule has 1 aliphatic rings. The molecule has 1 aliphatic carbocycles. The van der Waals surface area contributed by atoms with Gasteiger partial charge in [-0.05, 0) is 88.8 Å². The lowest BCUT2D eigenvalue weighted by Gasteiger charge is -2.12. The van der Waals surface area contributed by atoms with Gasteiger partial charge in [0.2, 0.25) is 0 Å². The minimum Gasteiger partial charge on any atom is -0.108 e. The van der Waals surface area contributed by atoms with E-state index in [-0.39, 0.29) is 0 Å². The fourth-order valence-corrected chi connectivity index (χ4v) is 3.95. The Labute approximate surface area is 179 Å². The minimum atomic E-state index is 1.05. The molecule has 0 radical (unpaired) electrons. The van der Waals surface area contributed by atoms with Crippen LogP contribution in [0.2, 0.25) is 0 Å². The van der Waals surface area contributed by atoms with Crippen molar-refractivity contribution in [2.45, 2.75) is 20.8 Å². The van der Waals surface area contributed by atoms with Gasteiger partial charge in [-0.25, -0.2) is 0 Å². The first-order valence-corrected chi connectivity index (χ1v) is 10.4. The van der Waals surface area contributed by atoms with Crippen LogP contribution < -0.4 is 10.4 Å². The molecule has 0 aliphatic heterocycles. The van der Waals surface area contributed by atoms with Gasteiger partial charge in [0.15, 0.2) is 0 Å². The van der Waals surface area contributed by atoms with Crippen LogP contribution in [0.15, 0.2) is 114 Å². The minimum absolute atomic E-state index is 1.05. The first-order chi connectivity index (χ1) is 14.6. The van der Waals surface area contributed by atoms with Crippen LogP contribution in [0, 0.1) is 0 Å². The van der Waals surface area contributed by atoms with Crippen molar-refractivity contribution in [2.75, 3.05) is 0 Å². The van der Waals surface area contributed by atoms with E-state index in [1.165, 1.54) is 33.1 Å². The number of fused-ring (bicyclic) bond motifs is 1. The third-order valence-electron chi connectivity index (χ3n) is 5.75. The summed E-state index contributed by atoms with van der Waals surface area (Å²) in [5.74, 6) is 0. The van der Waals surface area contributed by atoms with Gasteiger partial charge in [-0.3, -0.25) is 0 Å². The van der Waals surface area contributed by atoms with E-state index in [2.05, 4.69) is 118 Å². The SMILES string of the molecule is C=C1C(C)=c2cc(-c3ccccc3)ccc2=C=C(C)/C1=C/C(=CC)c1ccccc1. The van der Waals surface area contributed by atoms with Gasteiger partial charge in [0.25, 0.3) is 0 Å². The molecule has 0 nitrogen and oxygen atoms in total. The maximum absolute atomic E-state index is 4.48. The van der Waals surface area contributed by atoms with Gasteiger partial charge in [-0.2, -0.15) is 0 Å². The monoisotopic (exact) mass is 386 g/mol. The second kappa shape index (κ2) is 8.41. The van der Waals surface area contributed by atoms with Gasteiger partial charge in [0.05, 0.1) is 0 Å². The van der Waals surface area contributed by atoms with E-state index in [1.807, 2.05) is 6.07 Å². The maximum atomic E-state index is 4.48. The molecule has 0 amide bonds. The van der Waals surface area contributed by atoms with E-state index >= 15 is 0 Å². The molecule has 0 bridgehead atoms. The third kappa shape index (κ3) is 3.79. The smallest absolute Gasteiger partial charge is 0.0243 e. The topological polar surface area (TPSA) is 0 Å². The number of allylic oxidation sites excluding steroid dienone is 6. The molecule has 3 aromatic carbocycles. The van der Waals surface area contributed by atoms with E-state index < -0.39 is 0 Å². The fourth-order valence-electron chi connectivity index (χ4n) is 3.95. The van der Waals surface area contributed by atoms with Crippen molar-refractivity contribution in [1.82, 2.24) is 0 Å². The second-order valence-corrected chi connectivity index (χ2v) is 7.65. The zero-order chi connectivity index (χ0) is 21.1. The van der Waals surface area contributed by atoms with Crippen LogP contribution in [-0.4, -0.2) is 0 Å². The van der Waals surface area contributed by atoms with Crippen molar-refractivity contribution in [3.8, 4) is 11.1 Å². The van der Waals surface area contributed by atoms with E-state index in [0.29, 0.717) is 0 Å². The summed E-state index contributed by atoms with van der Waals surface area (Å²) in [6, 6.07) is 27.6. The van der Waals surface area contributed by atoms with Crippen LogP contribution in [0.3, 0.4) is 0 Å². The Kier molecular flexibility index (Phi) is 5.53. The Balaban J connectivity index is 1.90. The quantitative estimate of drug-likeness (QED) is 0.485. The average Bonchev–Trinajstić information content (AvgIpc) is 2.88. The van der Waals surface area contributed by atoms with E-state index in [0.717, 1.165) is 21.9 Å². The molecular formula is C30H26. The highest BCUT2D eigenvalue weighted by molar-refractivity contribution is 5.83. The molecule has 0 unspecified atom stereocenters. The molecule has 146 valence electrons. The molecule has 0 N–H and O–H groups in total. The molecule has 0 aromatic heterocycles. The number of hydrogen-bond donors (Lipinski definition) is 0. The van der Waals surface area contributed by atoms with Crippen LogP contribution in [0.25, 0.3) is 28.0 Å². The summed E-state index contributed by atoms with van der Waals surface area (Å²) in [5, 5.41) is 2.32. The molecule has 30 heavy (non-hydrogen) atoms. The van der Waals surface area contributed by atoms with Crippen LogP contribution >= 0.6 is 0 Å². The molecule has 4 rings (SSSR count). The normalized spacial score (nSPS) is 15.4. The molecule has 0 atom stereocenters. The maximum Gasteiger partial charge on any atom is 0.0243 e. The van der Waals surface area contributed by atoms with Crippen LogP contribution in [0.5, 0.6) is 0 Å². The lowest BCUT2D eigenvalue weighted by molar-refractivity contribution is 1.40. The fraction of sp³-hybridized carbons (Fsp3) is 0.100. The van der Waals surface area contributed by atoms with Crippen LogP contribution in [-0.2, 0) is 0 Å². The summed E-state index contributed by atoms with van der Waals surface area (Å²) < 4.78 is 0. The average molecular weight is 387 g/mol. The highest BCUT2D eigenvalue weighted by Crippen LogP contribution is 2.29. The first-order valence-electron chi connectivity index (χ1n) is 10.4. The molecule has 0 heteroatoms. The highest BCUT2D eigenvalue weighted by atomic mass is 14.2. The van der Waals surface area contributed by atoms with Crippen LogP contribution in [0.1, 0.15) is 26.3 Å². The van der Waals surface area contributed by atoms with Crippen molar-refractivity contribution in [2.24, 2.45) is 0 Å². The Morgan fingerprint density at radius 1 is 0.833 bits per heavy atom. The lowest BCUT2D eigenvalue weighted by Crippen LogP contribution is -2.25. The number of benzene rings is 3. The van der Waals surface area contributed by atoms with Crippen molar-refractivity contribution >= 4 is 16.9 Å². The summed E-state index contributed by atoms with van der Waals surface area (Å²) in [4.78, 5) is 0. The summed E-state index contributed by atoms with van der Waals surface area (Å²) in [7, 11) is 0. The van der Waals surface area contributed by atoms with Gasteiger partial charge < -0.3 is 0 Å². The Bertz CT molecular complexity index is 1320. The summed E-state index contributed by atoms with van der Waals surface area (Å²) in [5.41, 5.74) is 13.0. The van der Waals surface area contributed by atoms with Gasteiger partial charge in [-0.15, -0.1) is 5.73 Å². The predicted octanol–water partition coefficient (Wildman–Crippen LogP) is 6.45. The Morgan fingerprint density at radius 3 is 2.17 bits per heavy atom.